The molecule has 0 bridgehead atoms. The van der Waals surface area contributed by atoms with E-state index in [1.165, 1.54) is 0 Å². The Morgan fingerprint density at radius 2 is 2.44 bits per heavy atom. The van der Waals surface area contributed by atoms with Gasteiger partial charge in [0.1, 0.15) is 0 Å². The molecule has 0 spiro atoms. The van der Waals surface area contributed by atoms with E-state index in [1.807, 2.05) is 6.92 Å². The Hall–Kier alpha value is 2.01. The van der Waals surface area contributed by atoms with Crippen molar-refractivity contribution in [2.24, 2.45) is 0 Å². The minimum Gasteiger partial charge on any atom is -1.00 e. The molecule has 0 aliphatic rings. The van der Waals surface area contributed by atoms with Crippen molar-refractivity contribution in [1.29, 1.82) is 0 Å². The topological polar surface area (TPSA) is 46.5 Å². The average molecular weight is 195 g/mol. The molecule has 6 heteroatoms. The summed E-state index contributed by atoms with van der Waals surface area (Å²) in [4.78, 5) is 8.05. The number of hydrogen-bond donors (Lipinski definition) is 1. The summed E-state index contributed by atoms with van der Waals surface area (Å²) in [5.74, 6) is 0.766. The van der Waals surface area contributed by atoms with Crippen LogP contribution in [0.25, 0.3) is 0 Å². The van der Waals surface area contributed by atoms with Crippen LogP contribution in [0.15, 0.2) is 0 Å². The first-order chi connectivity index (χ1) is 3.77. The first-order valence-electron chi connectivity index (χ1n) is 2.23. The third kappa shape index (κ3) is 13.1. The van der Waals surface area contributed by atoms with Crippen molar-refractivity contribution in [3.8, 4) is 0 Å². The monoisotopic (exact) mass is 195 g/mol. The summed E-state index contributed by atoms with van der Waals surface area (Å²) in [6.07, 6.45) is 0.952. The standard InChI is InChI=1S/C3H7O3PS.K.H/c1-2-3-8-6-7(4)5;;/h2-3H2,1H3;;/q;+1;-1/p+1. The van der Waals surface area contributed by atoms with Crippen LogP contribution in [0, 0.1) is 0 Å². The zero-order valence-corrected chi connectivity index (χ0v) is 10.4. The molecule has 0 aliphatic heterocycles. The van der Waals surface area contributed by atoms with Gasteiger partial charge >= 0.3 is 59.6 Å². The van der Waals surface area contributed by atoms with Crippen LogP contribution < -0.4 is 51.4 Å². The predicted octanol–water partition coefficient (Wildman–Crippen LogP) is -1.17. The molecule has 1 atom stereocenters. The molecule has 50 valence electrons. The van der Waals surface area contributed by atoms with E-state index in [4.69, 9.17) is 4.89 Å². The van der Waals surface area contributed by atoms with Crippen molar-refractivity contribution >= 4 is 20.3 Å². The molecule has 0 aromatic heterocycles. The molecule has 1 unspecified atom stereocenters. The van der Waals surface area contributed by atoms with Crippen LogP contribution in [0.3, 0.4) is 0 Å². The minimum atomic E-state index is -2.40. The SMILES string of the molecule is CCCSO[P+](=O)O.[H-].[K+]. The zero-order valence-electron chi connectivity index (χ0n) is 6.53. The molecule has 1 N–H and O–H groups in total. The Labute approximate surface area is 104 Å². The minimum absolute atomic E-state index is 0. The maximum atomic E-state index is 9.78. The maximum absolute atomic E-state index is 9.78. The van der Waals surface area contributed by atoms with Crippen LogP contribution in [-0.4, -0.2) is 10.6 Å². The third-order valence-corrected chi connectivity index (χ3v) is 1.91. The van der Waals surface area contributed by atoms with Crippen molar-refractivity contribution < 1.29 is 66.2 Å². The molecule has 0 fully saturated rings. The van der Waals surface area contributed by atoms with E-state index in [2.05, 4.69) is 3.97 Å². The Bertz CT molecular complexity index is 86.1. The fraction of sp³-hybridized carbons (Fsp3) is 1.00. The fourth-order valence-corrected chi connectivity index (χ4v) is 0.991. The van der Waals surface area contributed by atoms with Gasteiger partial charge in [0, 0.05) is 10.3 Å². The summed E-state index contributed by atoms with van der Waals surface area (Å²) in [5, 5.41) is 0. The van der Waals surface area contributed by atoms with Gasteiger partial charge in [-0.3, -0.25) is 0 Å². The fourth-order valence-electron chi connectivity index (χ4n) is 0.166. The van der Waals surface area contributed by atoms with E-state index in [-0.39, 0.29) is 52.8 Å². The van der Waals surface area contributed by atoms with E-state index < -0.39 is 8.25 Å². The second kappa shape index (κ2) is 10.0. The van der Waals surface area contributed by atoms with Crippen LogP contribution in [0.5, 0.6) is 0 Å². The van der Waals surface area contributed by atoms with Gasteiger partial charge in [-0.15, -0.1) is 4.89 Å². The Kier molecular flexibility index (Phi) is 15.1. The van der Waals surface area contributed by atoms with Gasteiger partial charge in [-0.05, 0) is 10.4 Å². The molecule has 0 rings (SSSR count). The van der Waals surface area contributed by atoms with Gasteiger partial charge in [0.25, 0.3) is 0 Å². The summed E-state index contributed by atoms with van der Waals surface area (Å²) in [7, 11) is -2.40. The van der Waals surface area contributed by atoms with Gasteiger partial charge in [-0.2, -0.15) is 0 Å². The maximum Gasteiger partial charge on any atom is 1.00 e. The first kappa shape index (κ1) is 13.6. The third-order valence-electron chi connectivity index (χ3n) is 0.404. The molecule has 0 saturated heterocycles. The van der Waals surface area contributed by atoms with Crippen LogP contribution in [0.4, 0.5) is 0 Å². The van der Waals surface area contributed by atoms with Gasteiger partial charge in [-0.1, -0.05) is 6.92 Å². The summed E-state index contributed by atoms with van der Waals surface area (Å²) < 4.78 is 14.0. The van der Waals surface area contributed by atoms with Crippen LogP contribution in [0.2, 0.25) is 0 Å². The Balaban J connectivity index is -0.000000245. The van der Waals surface area contributed by atoms with Gasteiger partial charge in [0.2, 0.25) is 0 Å². The van der Waals surface area contributed by atoms with Gasteiger partial charge in [0.05, 0.1) is 12.0 Å². The van der Waals surface area contributed by atoms with E-state index in [0.717, 1.165) is 24.2 Å². The summed E-state index contributed by atoms with van der Waals surface area (Å²) in [6, 6.07) is 0. The second-order valence-electron chi connectivity index (χ2n) is 1.13. The van der Waals surface area contributed by atoms with E-state index >= 15 is 0 Å². The summed E-state index contributed by atoms with van der Waals surface area (Å²) in [5.41, 5.74) is 0. The van der Waals surface area contributed by atoms with Crippen LogP contribution in [-0.2, 0) is 8.54 Å². The molecule has 0 heterocycles. The Morgan fingerprint density at radius 1 is 1.89 bits per heavy atom. The summed E-state index contributed by atoms with van der Waals surface area (Å²) >= 11 is 1.03. The van der Waals surface area contributed by atoms with Crippen molar-refractivity contribution in [1.82, 2.24) is 0 Å². The molecule has 0 radical (unpaired) electrons. The molecule has 0 saturated carbocycles. The predicted molar refractivity (Wildman–Crippen MR) is 34.8 cm³/mol. The second-order valence-corrected chi connectivity index (χ2v) is 2.85. The molecule has 3 nitrogen and oxygen atoms in total. The normalized spacial score (nSPS) is 10.2. The van der Waals surface area contributed by atoms with E-state index in [0.29, 0.717) is 0 Å². The van der Waals surface area contributed by atoms with Crippen molar-refractivity contribution in [3.05, 3.63) is 0 Å². The van der Waals surface area contributed by atoms with Crippen LogP contribution in [0.1, 0.15) is 14.8 Å². The van der Waals surface area contributed by atoms with Gasteiger partial charge in [0.15, 0.2) is 0 Å². The molecule has 0 amide bonds. The molecule has 0 aliphatic carbocycles. The molecule has 0 aromatic carbocycles. The van der Waals surface area contributed by atoms with Gasteiger partial charge < -0.3 is 1.43 Å². The van der Waals surface area contributed by atoms with Crippen molar-refractivity contribution in [2.45, 2.75) is 13.3 Å². The summed E-state index contributed by atoms with van der Waals surface area (Å²) in [6.45, 7) is 1.97. The largest absolute Gasteiger partial charge is 1.00 e. The first-order valence-corrected chi connectivity index (χ1v) is 4.27. The average Bonchev–Trinajstić information content (AvgIpc) is 1.66. The molecular weight excluding hydrogens is 186 g/mol. The molecule has 0 aromatic rings. The zero-order chi connectivity index (χ0) is 6.41. The molecule has 9 heavy (non-hydrogen) atoms. The van der Waals surface area contributed by atoms with Gasteiger partial charge in [-0.25, -0.2) is 0 Å². The Morgan fingerprint density at radius 3 is 2.78 bits per heavy atom. The number of hydrogen-bond acceptors (Lipinski definition) is 3. The smallest absolute Gasteiger partial charge is 1.00 e. The van der Waals surface area contributed by atoms with E-state index in [9.17, 15) is 4.57 Å². The molecular formula is C3H9KO3PS+. The van der Waals surface area contributed by atoms with Crippen molar-refractivity contribution in [2.75, 3.05) is 5.75 Å². The quantitative estimate of drug-likeness (QED) is 0.266. The van der Waals surface area contributed by atoms with Crippen LogP contribution >= 0.6 is 20.3 Å². The van der Waals surface area contributed by atoms with Crippen molar-refractivity contribution in [3.63, 3.8) is 0 Å². The number of rotatable bonds is 4. The van der Waals surface area contributed by atoms with E-state index in [1.54, 1.807) is 0 Å².